The van der Waals surface area contributed by atoms with Crippen LogP contribution in [0, 0.1) is 0 Å². The SMILES string of the molecule is CO[Si](c1ccccc1)(c1ccccc1)C1CCNCC1. The van der Waals surface area contributed by atoms with Gasteiger partial charge in [-0.3, -0.25) is 0 Å². The molecule has 2 nitrogen and oxygen atoms in total. The van der Waals surface area contributed by atoms with Crippen LogP contribution in [-0.4, -0.2) is 28.5 Å². The molecular weight excluding hydrogens is 274 g/mol. The van der Waals surface area contributed by atoms with Crippen LogP contribution in [0.3, 0.4) is 0 Å². The summed E-state index contributed by atoms with van der Waals surface area (Å²) in [6.07, 6.45) is 2.40. The molecule has 1 aliphatic rings. The lowest BCUT2D eigenvalue weighted by Crippen LogP contribution is -2.64. The Morgan fingerprint density at radius 1 is 0.857 bits per heavy atom. The third-order valence-electron chi connectivity index (χ3n) is 4.64. The summed E-state index contributed by atoms with van der Waals surface area (Å²) in [6, 6.07) is 21.8. The molecule has 0 radical (unpaired) electrons. The van der Waals surface area contributed by atoms with Crippen LogP contribution in [0.2, 0.25) is 5.54 Å². The minimum Gasteiger partial charge on any atom is -0.411 e. The van der Waals surface area contributed by atoms with Crippen LogP contribution < -0.4 is 15.7 Å². The van der Waals surface area contributed by atoms with E-state index in [9.17, 15) is 0 Å². The molecule has 1 N–H and O–H groups in total. The quantitative estimate of drug-likeness (QED) is 0.873. The van der Waals surface area contributed by atoms with Gasteiger partial charge in [-0.2, -0.15) is 0 Å². The van der Waals surface area contributed by atoms with Gasteiger partial charge >= 0.3 is 0 Å². The van der Waals surface area contributed by atoms with Gasteiger partial charge in [-0.25, -0.2) is 0 Å². The third kappa shape index (κ3) is 2.69. The average Bonchev–Trinajstić information content (AvgIpc) is 2.59. The first-order valence-electron chi connectivity index (χ1n) is 7.75. The highest BCUT2D eigenvalue weighted by atomic mass is 28.4. The van der Waals surface area contributed by atoms with Crippen molar-refractivity contribution < 1.29 is 4.43 Å². The van der Waals surface area contributed by atoms with Crippen LogP contribution >= 0.6 is 0 Å². The maximum absolute atomic E-state index is 6.36. The van der Waals surface area contributed by atoms with Gasteiger partial charge in [0.25, 0.3) is 8.32 Å². The van der Waals surface area contributed by atoms with E-state index in [0.717, 1.165) is 13.1 Å². The lowest BCUT2D eigenvalue weighted by molar-refractivity contribution is 0.379. The fraction of sp³-hybridized carbons (Fsp3) is 0.333. The zero-order valence-electron chi connectivity index (χ0n) is 12.6. The number of hydrogen-bond acceptors (Lipinski definition) is 2. The fourth-order valence-corrected chi connectivity index (χ4v) is 8.20. The summed E-state index contributed by atoms with van der Waals surface area (Å²) >= 11 is 0. The first kappa shape index (κ1) is 14.5. The molecule has 0 bridgehead atoms. The third-order valence-corrected chi connectivity index (χ3v) is 9.39. The largest absolute Gasteiger partial charge is 0.411 e. The van der Waals surface area contributed by atoms with Gasteiger partial charge in [-0.15, -0.1) is 0 Å². The fourth-order valence-electron chi connectivity index (χ4n) is 3.64. The van der Waals surface area contributed by atoms with Crippen LogP contribution in [0.25, 0.3) is 0 Å². The molecule has 3 heteroatoms. The van der Waals surface area contributed by atoms with E-state index in [1.54, 1.807) is 0 Å². The monoisotopic (exact) mass is 297 g/mol. The molecule has 0 saturated carbocycles. The van der Waals surface area contributed by atoms with Crippen molar-refractivity contribution in [3.05, 3.63) is 60.7 Å². The summed E-state index contributed by atoms with van der Waals surface area (Å²) in [5.74, 6) is 0. The zero-order valence-corrected chi connectivity index (χ0v) is 13.6. The summed E-state index contributed by atoms with van der Waals surface area (Å²) in [6.45, 7) is 2.20. The van der Waals surface area contributed by atoms with Gasteiger partial charge in [-0.05, 0) is 41.8 Å². The Morgan fingerprint density at radius 2 is 1.33 bits per heavy atom. The van der Waals surface area contributed by atoms with Gasteiger partial charge in [0.05, 0.1) is 0 Å². The Bertz CT molecular complexity index is 512. The van der Waals surface area contributed by atoms with Gasteiger partial charge in [0, 0.05) is 7.11 Å². The molecule has 0 atom stereocenters. The maximum Gasteiger partial charge on any atom is 0.258 e. The molecule has 2 aromatic rings. The van der Waals surface area contributed by atoms with Gasteiger partial charge in [0.1, 0.15) is 0 Å². The van der Waals surface area contributed by atoms with Crippen molar-refractivity contribution in [3.63, 3.8) is 0 Å². The van der Waals surface area contributed by atoms with E-state index >= 15 is 0 Å². The summed E-state index contributed by atoms with van der Waals surface area (Å²) in [4.78, 5) is 0. The first-order valence-corrected chi connectivity index (χ1v) is 9.73. The number of nitrogens with one attached hydrogen (secondary N) is 1. The van der Waals surface area contributed by atoms with Crippen molar-refractivity contribution in [2.24, 2.45) is 0 Å². The van der Waals surface area contributed by atoms with E-state index < -0.39 is 8.32 Å². The van der Waals surface area contributed by atoms with E-state index in [2.05, 4.69) is 66.0 Å². The number of benzene rings is 2. The molecule has 1 saturated heterocycles. The summed E-state index contributed by atoms with van der Waals surface area (Å²) in [5.41, 5.74) is 0.633. The number of hydrogen-bond donors (Lipinski definition) is 1. The lowest BCUT2D eigenvalue weighted by Gasteiger charge is -2.40. The molecule has 0 aliphatic carbocycles. The number of piperidine rings is 1. The van der Waals surface area contributed by atoms with E-state index in [4.69, 9.17) is 4.43 Å². The topological polar surface area (TPSA) is 21.3 Å². The Hall–Kier alpha value is -1.42. The zero-order chi connectivity index (χ0) is 14.5. The lowest BCUT2D eigenvalue weighted by atomic mass is 10.2. The second kappa shape index (κ2) is 6.56. The first-order chi connectivity index (χ1) is 10.4. The highest BCUT2D eigenvalue weighted by Crippen LogP contribution is 2.31. The van der Waals surface area contributed by atoms with E-state index in [0.29, 0.717) is 5.54 Å². The summed E-state index contributed by atoms with van der Waals surface area (Å²) in [7, 11) is -0.250. The molecule has 1 heterocycles. The van der Waals surface area contributed by atoms with Gasteiger partial charge < -0.3 is 9.74 Å². The second-order valence-electron chi connectivity index (χ2n) is 5.70. The Morgan fingerprint density at radius 3 is 1.76 bits per heavy atom. The predicted molar refractivity (Wildman–Crippen MR) is 90.8 cm³/mol. The standard InChI is InChI=1S/C18H23NOSi/c1-20-21(16-8-4-2-5-9-16,17-10-6-3-7-11-17)18-12-14-19-15-13-18/h2-11,18-19H,12-15H2,1H3. The van der Waals surface area contributed by atoms with Crippen LogP contribution in [0.5, 0.6) is 0 Å². The van der Waals surface area contributed by atoms with E-state index in [-0.39, 0.29) is 0 Å². The normalized spacial score (nSPS) is 16.8. The highest BCUT2D eigenvalue weighted by molar-refractivity contribution is 6.98. The molecule has 0 spiro atoms. The minimum atomic E-state index is -2.16. The van der Waals surface area contributed by atoms with Crippen molar-refractivity contribution in [1.82, 2.24) is 5.32 Å². The minimum absolute atomic E-state index is 0.633. The Balaban J connectivity index is 2.12. The highest BCUT2D eigenvalue weighted by Gasteiger charge is 2.46. The smallest absolute Gasteiger partial charge is 0.258 e. The average molecular weight is 297 g/mol. The van der Waals surface area contributed by atoms with Crippen LogP contribution in [0.4, 0.5) is 0 Å². The molecular formula is C18H23NOSi. The van der Waals surface area contributed by atoms with Gasteiger partial charge in [0.15, 0.2) is 0 Å². The molecule has 21 heavy (non-hydrogen) atoms. The van der Waals surface area contributed by atoms with Crippen molar-refractivity contribution in [1.29, 1.82) is 0 Å². The predicted octanol–water partition coefficient (Wildman–Crippen LogP) is 2.15. The van der Waals surface area contributed by atoms with E-state index in [1.807, 2.05) is 7.11 Å². The molecule has 0 amide bonds. The molecule has 0 unspecified atom stereocenters. The molecule has 1 aliphatic heterocycles. The molecule has 1 fully saturated rings. The Kier molecular flexibility index (Phi) is 4.53. The van der Waals surface area contributed by atoms with Crippen LogP contribution in [0.1, 0.15) is 12.8 Å². The van der Waals surface area contributed by atoms with Gasteiger partial charge in [0.2, 0.25) is 0 Å². The summed E-state index contributed by atoms with van der Waals surface area (Å²) < 4.78 is 6.36. The molecule has 110 valence electrons. The molecule has 2 aromatic carbocycles. The Labute approximate surface area is 128 Å². The van der Waals surface area contributed by atoms with Crippen molar-refractivity contribution in [2.75, 3.05) is 20.2 Å². The molecule has 0 aromatic heterocycles. The second-order valence-corrected chi connectivity index (χ2v) is 9.55. The summed E-state index contributed by atoms with van der Waals surface area (Å²) in [5, 5.41) is 6.27. The van der Waals surface area contributed by atoms with Crippen molar-refractivity contribution >= 4 is 18.7 Å². The van der Waals surface area contributed by atoms with Gasteiger partial charge in [-0.1, -0.05) is 60.7 Å². The van der Waals surface area contributed by atoms with Crippen LogP contribution in [-0.2, 0) is 4.43 Å². The molecule has 3 rings (SSSR count). The van der Waals surface area contributed by atoms with Crippen molar-refractivity contribution in [2.45, 2.75) is 18.4 Å². The number of rotatable bonds is 4. The maximum atomic E-state index is 6.36. The van der Waals surface area contributed by atoms with Crippen molar-refractivity contribution in [3.8, 4) is 0 Å². The van der Waals surface area contributed by atoms with Crippen LogP contribution in [0.15, 0.2) is 60.7 Å². The van der Waals surface area contributed by atoms with E-state index in [1.165, 1.54) is 23.2 Å².